The molecule has 2 aromatic carbocycles. The third-order valence-electron chi connectivity index (χ3n) is 4.19. The Hall–Kier alpha value is -2.35. The molecule has 22 heavy (non-hydrogen) atoms. The largest absolute Gasteiger partial charge is 0.361 e. The zero-order chi connectivity index (χ0) is 15.5. The van der Waals surface area contributed by atoms with E-state index in [4.69, 9.17) is 4.52 Å². The lowest BCUT2D eigenvalue weighted by atomic mass is 9.99. The van der Waals surface area contributed by atoms with Gasteiger partial charge in [0.15, 0.2) is 0 Å². The van der Waals surface area contributed by atoms with Crippen LogP contribution in [-0.4, -0.2) is 5.16 Å². The van der Waals surface area contributed by atoms with Crippen LogP contribution in [0, 0.1) is 6.92 Å². The Balaban J connectivity index is 1.91. The molecule has 1 aromatic heterocycles. The lowest BCUT2D eigenvalue weighted by molar-refractivity contribution is 0.398. The van der Waals surface area contributed by atoms with Crippen LogP contribution in [0.4, 0.5) is 0 Å². The Morgan fingerprint density at radius 2 is 1.32 bits per heavy atom. The van der Waals surface area contributed by atoms with Crippen LogP contribution < -0.4 is 0 Å². The van der Waals surface area contributed by atoms with Crippen LogP contribution in [0.3, 0.4) is 0 Å². The van der Waals surface area contributed by atoms with Crippen LogP contribution in [-0.2, 0) is 12.8 Å². The quantitative estimate of drug-likeness (QED) is 0.639. The molecule has 3 aromatic rings. The zero-order valence-corrected chi connectivity index (χ0v) is 13.4. The summed E-state index contributed by atoms with van der Waals surface area (Å²) in [5, 5.41) is 4.21. The van der Waals surface area contributed by atoms with Crippen molar-refractivity contribution in [1.29, 1.82) is 0 Å². The Labute approximate surface area is 131 Å². The minimum absolute atomic E-state index is 0.914. The van der Waals surface area contributed by atoms with Crippen molar-refractivity contribution >= 4 is 0 Å². The summed E-state index contributed by atoms with van der Waals surface area (Å²) in [6.45, 7) is 6.28. The highest BCUT2D eigenvalue weighted by atomic mass is 16.5. The Bertz CT molecular complexity index is 751. The van der Waals surface area contributed by atoms with Crippen molar-refractivity contribution in [3.05, 3.63) is 65.4 Å². The molecule has 2 heteroatoms. The summed E-state index contributed by atoms with van der Waals surface area (Å²) in [6.07, 6.45) is 2.01. The Kier molecular flexibility index (Phi) is 4.10. The van der Waals surface area contributed by atoms with Gasteiger partial charge in [0.05, 0.1) is 0 Å². The second-order valence-corrected chi connectivity index (χ2v) is 5.55. The summed E-state index contributed by atoms with van der Waals surface area (Å²) in [4.78, 5) is 0. The van der Waals surface area contributed by atoms with Crippen LogP contribution in [0.25, 0.3) is 22.4 Å². The third kappa shape index (κ3) is 2.69. The smallest absolute Gasteiger partial charge is 0.137 e. The van der Waals surface area contributed by atoms with E-state index in [0.29, 0.717) is 0 Å². The van der Waals surface area contributed by atoms with Gasteiger partial charge in [-0.05, 0) is 36.5 Å². The van der Waals surface area contributed by atoms with Gasteiger partial charge in [-0.3, -0.25) is 0 Å². The third-order valence-corrected chi connectivity index (χ3v) is 4.19. The van der Waals surface area contributed by atoms with Gasteiger partial charge >= 0.3 is 0 Å². The van der Waals surface area contributed by atoms with Gasteiger partial charge in [0.2, 0.25) is 0 Å². The van der Waals surface area contributed by atoms with Crippen molar-refractivity contribution < 1.29 is 4.52 Å². The summed E-state index contributed by atoms with van der Waals surface area (Å²) in [5.41, 5.74) is 7.11. The topological polar surface area (TPSA) is 26.0 Å². The summed E-state index contributed by atoms with van der Waals surface area (Å²) in [6, 6.07) is 17.3. The lowest BCUT2D eigenvalue weighted by Gasteiger charge is -2.05. The number of aryl methyl sites for hydroxylation is 2. The molecule has 0 N–H and O–H groups in total. The standard InChI is InChI=1S/C20H21NO/c1-4-15-6-8-16(9-7-15)17-10-12-18(13-11-17)20-19(5-2)14(3)22-21-20/h6-13H,4-5H2,1-3H3. The molecule has 0 spiro atoms. The van der Waals surface area contributed by atoms with E-state index < -0.39 is 0 Å². The maximum atomic E-state index is 5.33. The molecule has 1 heterocycles. The number of benzene rings is 2. The minimum Gasteiger partial charge on any atom is -0.361 e. The minimum atomic E-state index is 0.914. The second-order valence-electron chi connectivity index (χ2n) is 5.55. The van der Waals surface area contributed by atoms with E-state index in [0.717, 1.165) is 29.9 Å². The molecule has 3 rings (SSSR count). The summed E-state index contributed by atoms with van der Waals surface area (Å²) < 4.78 is 5.33. The SMILES string of the molecule is CCc1ccc(-c2ccc(-c3noc(C)c3CC)cc2)cc1. The number of rotatable bonds is 4. The van der Waals surface area contributed by atoms with Crippen LogP contribution in [0.1, 0.15) is 30.7 Å². The van der Waals surface area contributed by atoms with Crippen molar-refractivity contribution in [2.75, 3.05) is 0 Å². The van der Waals surface area contributed by atoms with E-state index in [-0.39, 0.29) is 0 Å². The van der Waals surface area contributed by atoms with Crippen LogP contribution in [0.15, 0.2) is 53.1 Å². The highest BCUT2D eigenvalue weighted by Crippen LogP contribution is 2.28. The monoisotopic (exact) mass is 291 g/mol. The lowest BCUT2D eigenvalue weighted by Crippen LogP contribution is -1.87. The maximum Gasteiger partial charge on any atom is 0.137 e. The van der Waals surface area contributed by atoms with Gasteiger partial charge in [-0.15, -0.1) is 0 Å². The van der Waals surface area contributed by atoms with Gasteiger partial charge in [0, 0.05) is 11.1 Å². The zero-order valence-electron chi connectivity index (χ0n) is 13.4. The van der Waals surface area contributed by atoms with Gasteiger partial charge in [-0.2, -0.15) is 0 Å². The van der Waals surface area contributed by atoms with Crippen LogP contribution >= 0.6 is 0 Å². The first-order valence-corrected chi connectivity index (χ1v) is 7.87. The summed E-state index contributed by atoms with van der Waals surface area (Å²) >= 11 is 0. The molecule has 2 nitrogen and oxygen atoms in total. The molecule has 0 aliphatic carbocycles. The molecular weight excluding hydrogens is 270 g/mol. The fourth-order valence-electron chi connectivity index (χ4n) is 2.79. The van der Waals surface area contributed by atoms with E-state index in [2.05, 4.69) is 67.5 Å². The molecule has 0 aliphatic rings. The van der Waals surface area contributed by atoms with Gasteiger partial charge in [-0.25, -0.2) is 0 Å². The first-order chi connectivity index (χ1) is 10.7. The normalized spacial score (nSPS) is 10.9. The molecule has 0 fully saturated rings. The average molecular weight is 291 g/mol. The van der Waals surface area contributed by atoms with Gasteiger partial charge in [-0.1, -0.05) is 67.5 Å². The molecule has 0 amide bonds. The summed E-state index contributed by atoms with van der Waals surface area (Å²) in [7, 11) is 0. The van der Waals surface area contributed by atoms with Gasteiger partial charge in [0.25, 0.3) is 0 Å². The molecule has 0 saturated heterocycles. The van der Waals surface area contributed by atoms with E-state index >= 15 is 0 Å². The molecule has 112 valence electrons. The Morgan fingerprint density at radius 1 is 0.773 bits per heavy atom. The Morgan fingerprint density at radius 3 is 1.86 bits per heavy atom. The van der Waals surface area contributed by atoms with Crippen LogP contribution in [0.2, 0.25) is 0 Å². The second kappa shape index (κ2) is 6.18. The van der Waals surface area contributed by atoms with Gasteiger partial charge < -0.3 is 4.52 Å². The van der Waals surface area contributed by atoms with Crippen molar-refractivity contribution in [1.82, 2.24) is 5.16 Å². The first-order valence-electron chi connectivity index (χ1n) is 7.87. The van der Waals surface area contributed by atoms with E-state index in [1.807, 2.05) is 6.92 Å². The van der Waals surface area contributed by atoms with E-state index in [9.17, 15) is 0 Å². The predicted octanol–water partition coefficient (Wildman–Crippen LogP) is 5.44. The fourth-order valence-corrected chi connectivity index (χ4v) is 2.79. The van der Waals surface area contributed by atoms with Gasteiger partial charge in [0.1, 0.15) is 11.5 Å². The maximum absolute atomic E-state index is 5.33. The molecule has 0 saturated carbocycles. The molecule has 0 atom stereocenters. The molecular formula is C20H21NO. The molecule has 0 aliphatic heterocycles. The van der Waals surface area contributed by atoms with Crippen LogP contribution in [0.5, 0.6) is 0 Å². The van der Waals surface area contributed by atoms with Crippen molar-refractivity contribution in [2.24, 2.45) is 0 Å². The number of nitrogens with zero attached hydrogens (tertiary/aromatic N) is 1. The fraction of sp³-hybridized carbons (Fsp3) is 0.250. The number of hydrogen-bond acceptors (Lipinski definition) is 2. The highest BCUT2D eigenvalue weighted by molar-refractivity contribution is 5.70. The molecule has 0 unspecified atom stereocenters. The first kappa shape index (κ1) is 14.6. The van der Waals surface area contributed by atoms with Crippen molar-refractivity contribution in [2.45, 2.75) is 33.6 Å². The number of aromatic nitrogens is 1. The number of hydrogen-bond donors (Lipinski definition) is 0. The van der Waals surface area contributed by atoms with Crippen molar-refractivity contribution in [3.63, 3.8) is 0 Å². The highest BCUT2D eigenvalue weighted by Gasteiger charge is 2.12. The van der Waals surface area contributed by atoms with E-state index in [1.165, 1.54) is 22.3 Å². The molecule has 0 radical (unpaired) electrons. The van der Waals surface area contributed by atoms with Crippen molar-refractivity contribution in [3.8, 4) is 22.4 Å². The molecule has 0 bridgehead atoms. The summed E-state index contributed by atoms with van der Waals surface area (Å²) in [5.74, 6) is 0.914. The predicted molar refractivity (Wildman–Crippen MR) is 90.9 cm³/mol. The average Bonchev–Trinajstić information content (AvgIpc) is 2.96. The van der Waals surface area contributed by atoms with E-state index in [1.54, 1.807) is 0 Å².